The van der Waals surface area contributed by atoms with Crippen LogP contribution in [-0.4, -0.2) is 70.5 Å². The topological polar surface area (TPSA) is 231 Å². The zero-order chi connectivity index (χ0) is 32.9. The summed E-state index contributed by atoms with van der Waals surface area (Å²) in [5.41, 5.74) is 19.4. The smallest absolute Gasteiger partial charge is 0.326 e. The zero-order valence-corrected chi connectivity index (χ0v) is 25.7. The van der Waals surface area contributed by atoms with Crippen molar-refractivity contribution in [3.63, 3.8) is 0 Å². The molecule has 0 aliphatic rings. The van der Waals surface area contributed by atoms with Gasteiger partial charge in [-0.2, -0.15) is 0 Å². The maximum absolute atomic E-state index is 13.8. The number of aromatic nitrogens is 1. The number of H-pyrrole nitrogens is 1. The van der Waals surface area contributed by atoms with Gasteiger partial charge in [0.05, 0.1) is 6.04 Å². The van der Waals surface area contributed by atoms with E-state index in [0.29, 0.717) is 12.8 Å². The lowest BCUT2D eigenvalue weighted by molar-refractivity contribution is -0.142. The molecule has 45 heavy (non-hydrogen) atoms. The van der Waals surface area contributed by atoms with E-state index in [0.717, 1.165) is 22.0 Å². The number of amides is 3. The van der Waals surface area contributed by atoms with Gasteiger partial charge in [0.2, 0.25) is 17.7 Å². The van der Waals surface area contributed by atoms with Gasteiger partial charge in [0.15, 0.2) is 5.96 Å². The number of nitrogens with two attached hydrogens (primary N) is 3. The molecule has 2 aromatic carbocycles. The maximum Gasteiger partial charge on any atom is 0.326 e. The first-order chi connectivity index (χ1) is 21.5. The number of carboxylic acid groups (broad SMARTS) is 1. The molecule has 0 bridgehead atoms. The van der Waals surface area contributed by atoms with Gasteiger partial charge in [0.25, 0.3) is 0 Å². The van der Waals surface area contributed by atoms with E-state index < -0.39 is 47.9 Å². The Morgan fingerprint density at radius 1 is 0.889 bits per heavy atom. The number of aliphatic carboxylic acids is 1. The average Bonchev–Trinajstić information content (AvgIpc) is 3.43. The number of carbonyl (C=O) groups excluding carboxylic acids is 3. The number of nitrogens with one attached hydrogen (secondary N) is 4. The van der Waals surface area contributed by atoms with Crippen molar-refractivity contribution in [1.29, 1.82) is 0 Å². The molecule has 3 aromatic rings. The van der Waals surface area contributed by atoms with Crippen molar-refractivity contribution in [3.05, 3.63) is 71.9 Å². The van der Waals surface area contributed by atoms with E-state index in [2.05, 4.69) is 25.9 Å². The highest BCUT2D eigenvalue weighted by atomic mass is 16.4. The summed E-state index contributed by atoms with van der Waals surface area (Å²) in [5, 5.41) is 18.7. The number of fused-ring (bicyclic) bond motifs is 1. The molecule has 5 atom stereocenters. The molecule has 0 spiro atoms. The van der Waals surface area contributed by atoms with E-state index in [-0.39, 0.29) is 37.7 Å². The van der Waals surface area contributed by atoms with Crippen molar-refractivity contribution < 1.29 is 24.3 Å². The van der Waals surface area contributed by atoms with Gasteiger partial charge in [-0.05, 0) is 42.4 Å². The molecule has 1 aromatic heterocycles. The van der Waals surface area contributed by atoms with Crippen molar-refractivity contribution in [2.45, 2.75) is 70.1 Å². The van der Waals surface area contributed by atoms with E-state index in [1.54, 1.807) is 13.1 Å². The number of aliphatic imine (C=N–C) groups is 1. The number of para-hydroxylation sites is 1. The number of nitrogens with zero attached hydrogens (tertiary/aromatic N) is 1. The van der Waals surface area contributed by atoms with Crippen LogP contribution in [0.25, 0.3) is 10.9 Å². The Hall–Kier alpha value is -4.91. The molecule has 3 amide bonds. The van der Waals surface area contributed by atoms with Crippen molar-refractivity contribution >= 4 is 40.6 Å². The number of benzene rings is 2. The average molecular weight is 621 g/mol. The summed E-state index contributed by atoms with van der Waals surface area (Å²) in [7, 11) is 0. The highest BCUT2D eigenvalue weighted by molar-refractivity contribution is 5.95. The molecule has 11 N–H and O–H groups in total. The van der Waals surface area contributed by atoms with Crippen LogP contribution in [0.5, 0.6) is 0 Å². The van der Waals surface area contributed by atoms with Crippen LogP contribution in [0.1, 0.15) is 44.2 Å². The fourth-order valence-electron chi connectivity index (χ4n) is 4.95. The minimum atomic E-state index is -1.22. The standard InChI is InChI=1S/C32H44N8O5/c1-3-19(2)27(30(43)38-25(31(44)45)14-9-15-36-32(34)35)40-29(42)26(17-21-18-37-24-13-8-7-12-22(21)24)39-28(41)23(33)16-20-10-5-4-6-11-20/h4-8,10-13,18-19,23,25-27,37H,3,9,14-17,33H2,1-2H3,(H,38,43)(H,39,41)(H,40,42)(H,44,45)(H4,34,35,36). The SMILES string of the molecule is CCC(C)C(NC(=O)C(Cc1c[nH]c2ccccc12)NC(=O)C(N)Cc1ccccc1)C(=O)NC(CCCN=C(N)N)C(=O)O. The van der Waals surface area contributed by atoms with Crippen LogP contribution in [0.4, 0.5) is 0 Å². The van der Waals surface area contributed by atoms with Gasteiger partial charge < -0.3 is 43.2 Å². The van der Waals surface area contributed by atoms with Crippen molar-refractivity contribution in [2.75, 3.05) is 6.54 Å². The highest BCUT2D eigenvalue weighted by Crippen LogP contribution is 2.20. The Morgan fingerprint density at radius 3 is 2.22 bits per heavy atom. The number of carbonyl (C=O) groups is 4. The number of hydrogen-bond acceptors (Lipinski definition) is 6. The number of guanidine groups is 1. The molecule has 0 saturated heterocycles. The van der Waals surface area contributed by atoms with E-state index in [1.165, 1.54) is 0 Å². The van der Waals surface area contributed by atoms with Gasteiger partial charge in [-0.15, -0.1) is 0 Å². The van der Waals surface area contributed by atoms with E-state index in [4.69, 9.17) is 17.2 Å². The van der Waals surface area contributed by atoms with Gasteiger partial charge in [-0.3, -0.25) is 19.4 Å². The molecule has 0 radical (unpaired) electrons. The summed E-state index contributed by atoms with van der Waals surface area (Å²) in [6.45, 7) is 3.84. The Bertz CT molecular complexity index is 1470. The molecule has 0 fully saturated rings. The van der Waals surface area contributed by atoms with Gasteiger partial charge in [-0.1, -0.05) is 68.8 Å². The molecule has 13 nitrogen and oxygen atoms in total. The first-order valence-electron chi connectivity index (χ1n) is 15.0. The minimum Gasteiger partial charge on any atom is -0.480 e. The number of aromatic amines is 1. The van der Waals surface area contributed by atoms with Gasteiger partial charge in [-0.25, -0.2) is 4.79 Å². The van der Waals surface area contributed by atoms with Gasteiger partial charge >= 0.3 is 5.97 Å². The molecular formula is C32H44N8O5. The number of hydrogen-bond donors (Lipinski definition) is 8. The van der Waals surface area contributed by atoms with Crippen LogP contribution in [0, 0.1) is 5.92 Å². The summed E-state index contributed by atoms with van der Waals surface area (Å²) < 4.78 is 0. The fourth-order valence-corrected chi connectivity index (χ4v) is 4.95. The van der Waals surface area contributed by atoms with E-state index >= 15 is 0 Å². The van der Waals surface area contributed by atoms with Crippen LogP contribution in [0.2, 0.25) is 0 Å². The second-order valence-corrected chi connectivity index (χ2v) is 11.1. The Balaban J connectivity index is 1.80. The molecule has 5 unspecified atom stereocenters. The third-order valence-corrected chi connectivity index (χ3v) is 7.72. The second-order valence-electron chi connectivity index (χ2n) is 11.1. The normalized spacial score (nSPS) is 14.4. The third kappa shape index (κ3) is 10.3. The molecule has 1 heterocycles. The summed E-state index contributed by atoms with van der Waals surface area (Å²) in [4.78, 5) is 59.4. The van der Waals surface area contributed by atoms with Crippen LogP contribution in [0.3, 0.4) is 0 Å². The summed E-state index contributed by atoms with van der Waals surface area (Å²) >= 11 is 0. The molecule has 13 heteroatoms. The Morgan fingerprint density at radius 2 is 1.56 bits per heavy atom. The van der Waals surface area contributed by atoms with E-state index in [9.17, 15) is 24.3 Å². The largest absolute Gasteiger partial charge is 0.480 e. The third-order valence-electron chi connectivity index (χ3n) is 7.72. The number of rotatable bonds is 17. The summed E-state index contributed by atoms with van der Waals surface area (Å²) in [6, 6.07) is 12.6. The lowest BCUT2D eigenvalue weighted by Crippen LogP contribution is -2.59. The van der Waals surface area contributed by atoms with E-state index in [1.807, 2.05) is 61.5 Å². The second kappa shape index (κ2) is 16.8. The Labute approximate surface area is 262 Å². The molecule has 0 aliphatic carbocycles. The van der Waals surface area contributed by atoms with Crippen LogP contribution >= 0.6 is 0 Å². The quantitative estimate of drug-likeness (QED) is 0.0613. The predicted molar refractivity (Wildman–Crippen MR) is 173 cm³/mol. The van der Waals surface area contributed by atoms with Crippen LogP contribution in [-0.2, 0) is 32.0 Å². The van der Waals surface area contributed by atoms with Gasteiger partial charge in [0.1, 0.15) is 18.1 Å². The van der Waals surface area contributed by atoms with Crippen LogP contribution in [0.15, 0.2) is 65.8 Å². The molecular weight excluding hydrogens is 576 g/mol. The first kappa shape index (κ1) is 34.6. The molecule has 0 aliphatic heterocycles. The zero-order valence-electron chi connectivity index (χ0n) is 25.7. The maximum atomic E-state index is 13.8. The predicted octanol–water partition coefficient (Wildman–Crippen LogP) is 0.919. The minimum absolute atomic E-state index is 0.0809. The van der Waals surface area contributed by atoms with Crippen molar-refractivity contribution in [1.82, 2.24) is 20.9 Å². The molecule has 0 saturated carbocycles. The highest BCUT2D eigenvalue weighted by Gasteiger charge is 2.33. The molecule has 3 rings (SSSR count). The monoisotopic (exact) mass is 620 g/mol. The van der Waals surface area contributed by atoms with Gasteiger partial charge in [0, 0.05) is 30.1 Å². The lowest BCUT2D eigenvalue weighted by atomic mass is 9.96. The van der Waals surface area contributed by atoms with Crippen molar-refractivity contribution in [2.24, 2.45) is 28.1 Å². The van der Waals surface area contributed by atoms with Crippen molar-refractivity contribution in [3.8, 4) is 0 Å². The van der Waals surface area contributed by atoms with Crippen LogP contribution < -0.4 is 33.2 Å². The molecule has 242 valence electrons. The summed E-state index contributed by atoms with van der Waals surface area (Å²) in [5.74, 6) is -3.45. The first-order valence-corrected chi connectivity index (χ1v) is 15.0. The lowest BCUT2D eigenvalue weighted by Gasteiger charge is -2.28. The fraction of sp³-hybridized carbons (Fsp3) is 0.406. The Kier molecular flexibility index (Phi) is 12.9. The summed E-state index contributed by atoms with van der Waals surface area (Å²) in [6.07, 6.45) is 3.08. The number of carboxylic acids is 1.